The van der Waals surface area contributed by atoms with E-state index >= 15 is 0 Å². The van der Waals surface area contributed by atoms with Crippen LogP contribution in [0.1, 0.15) is 101 Å². The van der Waals surface area contributed by atoms with Crippen LogP contribution in [0.15, 0.2) is 24.3 Å². The second-order valence-corrected chi connectivity index (χ2v) is 7.26. The molecule has 0 bridgehead atoms. The number of rotatable bonds is 14. The number of alkyl halides is 1. The standard InChI is InChI=1S/C21H35ClO.H2S/c1-2-3-4-5-6-7-8-9-10-11-12-13-14-21(22)19-15-17-20(23)18-16-19;/h15-18,21,23H,2-14H2,1H3;1H2/p+1. The summed E-state index contributed by atoms with van der Waals surface area (Å²) >= 11 is 6.41. The van der Waals surface area contributed by atoms with Crippen molar-refractivity contribution in [3.63, 3.8) is 0 Å². The van der Waals surface area contributed by atoms with E-state index in [4.69, 9.17) is 11.6 Å². The highest BCUT2D eigenvalue weighted by molar-refractivity contribution is 7.37. The number of aromatic hydroxyl groups is 1. The molecule has 0 aromatic heterocycles. The van der Waals surface area contributed by atoms with Crippen LogP contribution in [-0.2, 0) is 13.5 Å². The Labute approximate surface area is 161 Å². The highest BCUT2D eigenvalue weighted by Gasteiger charge is 2.07. The van der Waals surface area contributed by atoms with E-state index in [0.717, 1.165) is 12.0 Å². The molecule has 140 valence electrons. The zero-order chi connectivity index (χ0) is 16.8. The van der Waals surface area contributed by atoms with E-state index in [2.05, 4.69) is 6.92 Å². The number of hydrogen-bond donors (Lipinski definition) is 1. The fraction of sp³-hybridized carbons (Fsp3) is 0.714. The maximum Gasteiger partial charge on any atom is 0.115 e. The van der Waals surface area contributed by atoms with Crippen LogP contribution in [0.2, 0.25) is 0 Å². The minimum Gasteiger partial charge on any atom is -0.508 e. The molecule has 1 unspecified atom stereocenters. The molecule has 0 fully saturated rings. The summed E-state index contributed by atoms with van der Waals surface area (Å²) in [5, 5.41) is 9.37. The van der Waals surface area contributed by atoms with E-state index in [9.17, 15) is 5.11 Å². The van der Waals surface area contributed by atoms with Gasteiger partial charge >= 0.3 is 0 Å². The first-order chi connectivity index (χ1) is 11.2. The van der Waals surface area contributed by atoms with Crippen molar-refractivity contribution in [1.82, 2.24) is 0 Å². The summed E-state index contributed by atoms with van der Waals surface area (Å²) in [5.74, 6) is 0.308. The molecule has 0 aliphatic rings. The lowest BCUT2D eigenvalue weighted by molar-refractivity contribution is 0.475. The van der Waals surface area contributed by atoms with Gasteiger partial charge in [0.2, 0.25) is 0 Å². The summed E-state index contributed by atoms with van der Waals surface area (Å²) in [5.41, 5.74) is 1.12. The molecule has 1 aromatic rings. The molecule has 0 heterocycles. The number of benzene rings is 1. The van der Waals surface area contributed by atoms with E-state index in [1.165, 1.54) is 77.0 Å². The molecule has 0 saturated heterocycles. The van der Waals surface area contributed by atoms with E-state index in [1.807, 2.05) is 12.1 Å². The molecule has 0 aliphatic carbocycles. The maximum absolute atomic E-state index is 9.28. The van der Waals surface area contributed by atoms with Crippen LogP contribution < -0.4 is 0 Å². The van der Waals surface area contributed by atoms with Gasteiger partial charge in [0.25, 0.3) is 0 Å². The van der Waals surface area contributed by atoms with Crippen LogP contribution in [0.25, 0.3) is 0 Å². The minimum absolute atomic E-state index is 0. The van der Waals surface area contributed by atoms with Gasteiger partial charge in [0.15, 0.2) is 0 Å². The molecule has 1 atom stereocenters. The van der Waals surface area contributed by atoms with Gasteiger partial charge in [-0.2, -0.15) is 0 Å². The largest absolute Gasteiger partial charge is 0.508 e. The Balaban J connectivity index is 0.00000529. The fourth-order valence-corrected chi connectivity index (χ4v) is 3.31. The van der Waals surface area contributed by atoms with Crippen LogP contribution in [0.3, 0.4) is 0 Å². The number of phenols is 1. The molecule has 3 heteroatoms. The van der Waals surface area contributed by atoms with Gasteiger partial charge in [-0.3, -0.25) is 0 Å². The summed E-state index contributed by atoms with van der Waals surface area (Å²) in [7, 11) is 0. The van der Waals surface area contributed by atoms with Gasteiger partial charge in [0.1, 0.15) is 5.75 Å². The van der Waals surface area contributed by atoms with Gasteiger partial charge in [-0.05, 0) is 24.1 Å². The highest BCUT2D eigenvalue weighted by atomic mass is 35.5. The lowest BCUT2D eigenvalue weighted by Gasteiger charge is -2.09. The summed E-state index contributed by atoms with van der Waals surface area (Å²) < 4.78 is 0. The fourth-order valence-electron chi connectivity index (χ4n) is 3.01. The van der Waals surface area contributed by atoms with E-state index in [0.29, 0.717) is 5.75 Å². The van der Waals surface area contributed by atoms with Crippen LogP contribution in [0.4, 0.5) is 0 Å². The predicted octanol–water partition coefficient (Wildman–Crippen LogP) is 6.96. The highest BCUT2D eigenvalue weighted by Crippen LogP contribution is 2.28. The molecule has 0 aliphatic heterocycles. The first kappa shape index (κ1) is 23.7. The minimum atomic E-state index is 0. The van der Waals surface area contributed by atoms with Crippen molar-refractivity contribution >= 4 is 25.1 Å². The first-order valence-corrected chi connectivity index (χ1v) is 10.1. The zero-order valence-corrected chi connectivity index (χ0v) is 17.4. The van der Waals surface area contributed by atoms with Crippen molar-refractivity contribution in [2.75, 3.05) is 0 Å². The molecule has 1 N–H and O–H groups in total. The third-order valence-corrected chi connectivity index (χ3v) is 5.04. The van der Waals surface area contributed by atoms with E-state index < -0.39 is 0 Å². The average Bonchev–Trinajstić information content (AvgIpc) is 2.56. The zero-order valence-electron chi connectivity index (χ0n) is 15.5. The summed E-state index contributed by atoms with van der Waals surface area (Å²) in [6.07, 6.45) is 17.5. The molecular formula is C21H38ClOS+. The SMILES string of the molecule is CCCCCCCCCCCCCCC(Cl)c1ccc(O)cc1.[SH3+]. The van der Waals surface area contributed by atoms with Crippen LogP contribution in [-0.4, -0.2) is 5.11 Å². The Morgan fingerprint density at radius 2 is 1.17 bits per heavy atom. The normalized spacial score (nSPS) is 11.9. The molecule has 1 aromatic carbocycles. The maximum atomic E-state index is 9.28. The first-order valence-electron chi connectivity index (χ1n) is 9.67. The summed E-state index contributed by atoms with van der Waals surface area (Å²) in [6, 6.07) is 7.28. The van der Waals surface area contributed by atoms with Crippen molar-refractivity contribution in [2.45, 2.75) is 95.8 Å². The third-order valence-electron chi connectivity index (χ3n) is 4.57. The number of unbranched alkanes of at least 4 members (excludes halogenated alkanes) is 11. The van der Waals surface area contributed by atoms with E-state index in [1.54, 1.807) is 12.1 Å². The quantitative estimate of drug-likeness (QED) is 0.212. The second-order valence-electron chi connectivity index (χ2n) is 6.74. The molecular weight excluding hydrogens is 336 g/mol. The van der Waals surface area contributed by atoms with Gasteiger partial charge < -0.3 is 5.11 Å². The number of phenolic OH excluding ortho intramolecular Hbond substituents is 1. The smallest absolute Gasteiger partial charge is 0.115 e. The number of hydrogen-bond acceptors (Lipinski definition) is 1. The Morgan fingerprint density at radius 1 is 0.750 bits per heavy atom. The van der Waals surface area contributed by atoms with Crippen molar-refractivity contribution in [3.05, 3.63) is 29.8 Å². The molecule has 0 saturated carbocycles. The van der Waals surface area contributed by atoms with Crippen LogP contribution >= 0.6 is 11.6 Å². The van der Waals surface area contributed by atoms with Crippen molar-refractivity contribution < 1.29 is 5.11 Å². The second kappa shape index (κ2) is 16.1. The molecule has 1 nitrogen and oxygen atoms in total. The monoisotopic (exact) mass is 373 g/mol. The Morgan fingerprint density at radius 3 is 1.62 bits per heavy atom. The van der Waals surface area contributed by atoms with Crippen LogP contribution in [0.5, 0.6) is 5.75 Å². The van der Waals surface area contributed by atoms with Gasteiger partial charge in [-0.15, -0.1) is 11.6 Å². The molecule has 0 amide bonds. The van der Waals surface area contributed by atoms with Gasteiger partial charge in [-0.25, -0.2) is 0 Å². The topological polar surface area (TPSA) is 20.2 Å². The predicted molar refractivity (Wildman–Crippen MR) is 114 cm³/mol. The third kappa shape index (κ3) is 12.1. The van der Waals surface area contributed by atoms with Crippen molar-refractivity contribution in [1.29, 1.82) is 0 Å². The molecule has 0 spiro atoms. The summed E-state index contributed by atoms with van der Waals surface area (Å²) in [4.78, 5) is 0. The number of halogens is 1. The molecule has 0 radical (unpaired) electrons. The Bertz CT molecular complexity index is 380. The van der Waals surface area contributed by atoms with Crippen LogP contribution in [0, 0.1) is 0 Å². The van der Waals surface area contributed by atoms with Gasteiger partial charge in [0.05, 0.1) is 5.38 Å². The lowest BCUT2D eigenvalue weighted by Crippen LogP contribution is -1.90. The Hall–Kier alpha value is -0.340. The average molecular weight is 374 g/mol. The van der Waals surface area contributed by atoms with Gasteiger partial charge in [-0.1, -0.05) is 110 Å². The lowest BCUT2D eigenvalue weighted by atomic mass is 10.0. The molecule has 24 heavy (non-hydrogen) atoms. The molecule has 1 rings (SSSR count). The van der Waals surface area contributed by atoms with E-state index in [-0.39, 0.29) is 18.9 Å². The van der Waals surface area contributed by atoms with Crippen molar-refractivity contribution in [2.24, 2.45) is 0 Å². The van der Waals surface area contributed by atoms with Crippen molar-refractivity contribution in [3.8, 4) is 5.75 Å². The van der Waals surface area contributed by atoms with Gasteiger partial charge in [0, 0.05) is 0 Å². The summed E-state index contributed by atoms with van der Waals surface area (Å²) in [6.45, 7) is 2.27. The Kier molecular flexibility index (Phi) is 15.9.